The van der Waals surface area contributed by atoms with Crippen molar-refractivity contribution in [1.29, 1.82) is 0 Å². The Hall–Kier alpha value is -3.35. The van der Waals surface area contributed by atoms with Crippen molar-refractivity contribution < 1.29 is 24.2 Å². The summed E-state index contributed by atoms with van der Waals surface area (Å²) in [5.74, 6) is -1.32. The van der Waals surface area contributed by atoms with Gasteiger partial charge in [-0.05, 0) is 34.6 Å². The van der Waals surface area contributed by atoms with Crippen molar-refractivity contribution >= 4 is 18.0 Å². The van der Waals surface area contributed by atoms with Gasteiger partial charge in [-0.3, -0.25) is 9.59 Å². The molecule has 0 spiro atoms. The fourth-order valence-corrected chi connectivity index (χ4v) is 4.08. The second-order valence-corrected chi connectivity index (χ2v) is 8.82. The Morgan fingerprint density at radius 1 is 1.03 bits per heavy atom. The Balaban J connectivity index is 1.54. The molecule has 3 rings (SSSR count). The number of ether oxygens (including phenoxy) is 1. The average Bonchev–Trinajstić information content (AvgIpc) is 3.08. The second-order valence-electron chi connectivity index (χ2n) is 8.82. The van der Waals surface area contributed by atoms with Gasteiger partial charge in [0.1, 0.15) is 13.2 Å². The predicted molar refractivity (Wildman–Crippen MR) is 121 cm³/mol. The third-order valence-electron chi connectivity index (χ3n) is 5.75. The van der Waals surface area contributed by atoms with Crippen molar-refractivity contribution in [3.63, 3.8) is 0 Å². The Labute approximate surface area is 188 Å². The maximum atomic E-state index is 12.4. The van der Waals surface area contributed by atoms with Crippen LogP contribution in [0.1, 0.15) is 44.2 Å². The van der Waals surface area contributed by atoms with Gasteiger partial charge in [0, 0.05) is 25.4 Å². The average molecular weight is 439 g/mol. The summed E-state index contributed by atoms with van der Waals surface area (Å²) >= 11 is 0. The minimum absolute atomic E-state index is 0.0168. The lowest BCUT2D eigenvalue weighted by Gasteiger charge is -2.28. The van der Waals surface area contributed by atoms with E-state index in [1.165, 1.54) is 16.0 Å². The van der Waals surface area contributed by atoms with Gasteiger partial charge >= 0.3 is 12.1 Å². The minimum Gasteiger partial charge on any atom is -0.480 e. The van der Waals surface area contributed by atoms with Crippen LogP contribution in [0.2, 0.25) is 0 Å². The third-order valence-corrected chi connectivity index (χ3v) is 5.75. The fraction of sp³-hybridized carbons (Fsp3) is 0.400. The first-order chi connectivity index (χ1) is 15.2. The molecule has 2 aromatic carbocycles. The van der Waals surface area contributed by atoms with Crippen LogP contribution < -0.4 is 5.32 Å². The molecule has 0 unspecified atom stereocenters. The summed E-state index contributed by atoms with van der Waals surface area (Å²) in [7, 11) is 0. The number of carbonyl (C=O) groups is 3. The molecule has 0 aliphatic heterocycles. The van der Waals surface area contributed by atoms with Gasteiger partial charge in [0.2, 0.25) is 5.91 Å². The maximum absolute atomic E-state index is 12.4. The summed E-state index contributed by atoms with van der Waals surface area (Å²) in [5.41, 5.74) is 4.07. The first kappa shape index (κ1) is 23.3. The van der Waals surface area contributed by atoms with Crippen LogP contribution in [0.4, 0.5) is 4.79 Å². The number of amides is 2. The molecule has 0 atom stereocenters. The smallest absolute Gasteiger partial charge is 0.407 e. The van der Waals surface area contributed by atoms with E-state index in [1.54, 1.807) is 6.92 Å². The number of aliphatic carboxylic acids is 1. The van der Waals surface area contributed by atoms with E-state index in [0.29, 0.717) is 6.54 Å². The lowest BCUT2D eigenvalue weighted by Crippen LogP contribution is -2.41. The number of carboxylic acids is 1. The number of benzene rings is 2. The van der Waals surface area contributed by atoms with Crippen LogP contribution in [-0.4, -0.2) is 54.2 Å². The number of rotatable bonds is 9. The number of alkyl carbamates (subject to hydrolysis) is 1. The number of hydrogen-bond acceptors (Lipinski definition) is 4. The zero-order valence-corrected chi connectivity index (χ0v) is 18.8. The zero-order chi connectivity index (χ0) is 23.3. The van der Waals surface area contributed by atoms with Gasteiger partial charge in [-0.1, -0.05) is 62.4 Å². The second kappa shape index (κ2) is 9.85. The molecule has 2 amide bonds. The van der Waals surface area contributed by atoms with Crippen molar-refractivity contribution in [2.75, 3.05) is 26.2 Å². The highest BCUT2D eigenvalue weighted by molar-refractivity contribution is 5.82. The number of nitrogens with one attached hydrogen (secondary N) is 1. The van der Waals surface area contributed by atoms with Gasteiger partial charge in [-0.2, -0.15) is 0 Å². The first-order valence-electron chi connectivity index (χ1n) is 10.8. The summed E-state index contributed by atoms with van der Waals surface area (Å²) in [6.45, 7) is 5.89. The summed E-state index contributed by atoms with van der Waals surface area (Å²) in [4.78, 5) is 37.0. The fourth-order valence-electron chi connectivity index (χ4n) is 4.08. The van der Waals surface area contributed by atoms with E-state index >= 15 is 0 Å². The van der Waals surface area contributed by atoms with E-state index in [2.05, 4.69) is 29.6 Å². The Kier molecular flexibility index (Phi) is 7.18. The summed E-state index contributed by atoms with van der Waals surface area (Å²) in [5, 5.41) is 11.7. The van der Waals surface area contributed by atoms with E-state index in [4.69, 9.17) is 9.84 Å². The molecule has 7 nitrogen and oxygen atoms in total. The lowest BCUT2D eigenvalue weighted by molar-refractivity contribution is -0.145. The molecule has 0 radical (unpaired) electrons. The van der Waals surface area contributed by atoms with Crippen LogP contribution in [0.25, 0.3) is 11.1 Å². The summed E-state index contributed by atoms with van der Waals surface area (Å²) < 4.78 is 5.54. The molecule has 0 heterocycles. The molecule has 0 saturated heterocycles. The van der Waals surface area contributed by atoms with Gasteiger partial charge in [0.15, 0.2) is 0 Å². The number of carbonyl (C=O) groups excluding carboxylic acids is 2. The molecular weight excluding hydrogens is 408 g/mol. The highest BCUT2D eigenvalue weighted by Crippen LogP contribution is 2.44. The predicted octanol–water partition coefficient (Wildman–Crippen LogP) is 3.87. The van der Waals surface area contributed by atoms with Crippen LogP contribution in [0.3, 0.4) is 0 Å². The number of fused-ring (bicyclic) bond motifs is 3. The van der Waals surface area contributed by atoms with Crippen molar-refractivity contribution in [3.05, 3.63) is 59.7 Å². The molecule has 0 bridgehead atoms. The molecule has 1 aliphatic carbocycles. The number of hydrogen-bond donors (Lipinski definition) is 2. The molecule has 0 saturated carbocycles. The van der Waals surface area contributed by atoms with E-state index in [-0.39, 0.29) is 37.9 Å². The van der Waals surface area contributed by atoms with Crippen molar-refractivity contribution in [3.8, 4) is 11.1 Å². The molecule has 7 heteroatoms. The van der Waals surface area contributed by atoms with Crippen LogP contribution in [0, 0.1) is 5.41 Å². The molecule has 1 aliphatic rings. The quantitative estimate of drug-likeness (QED) is 0.620. The van der Waals surface area contributed by atoms with Gasteiger partial charge < -0.3 is 20.1 Å². The topological polar surface area (TPSA) is 95.9 Å². The monoisotopic (exact) mass is 438 g/mol. The lowest BCUT2D eigenvalue weighted by atomic mass is 9.88. The third kappa shape index (κ3) is 5.46. The first-order valence-corrected chi connectivity index (χ1v) is 10.8. The Bertz CT molecular complexity index is 956. The molecule has 2 aromatic rings. The SMILES string of the molecule is CCN(CC(=O)O)C(=O)CC(C)(C)CNC(=O)OCC1c2ccccc2-c2ccccc21. The molecule has 0 fully saturated rings. The van der Waals surface area contributed by atoms with Gasteiger partial charge in [0.25, 0.3) is 0 Å². The Morgan fingerprint density at radius 2 is 1.59 bits per heavy atom. The molecule has 170 valence electrons. The van der Waals surface area contributed by atoms with Crippen LogP contribution in [0.15, 0.2) is 48.5 Å². The maximum Gasteiger partial charge on any atom is 0.407 e. The summed E-state index contributed by atoms with van der Waals surface area (Å²) in [6, 6.07) is 16.3. The van der Waals surface area contributed by atoms with Crippen molar-refractivity contribution in [2.45, 2.75) is 33.1 Å². The van der Waals surface area contributed by atoms with Crippen LogP contribution >= 0.6 is 0 Å². The number of carboxylic acid groups (broad SMARTS) is 1. The van der Waals surface area contributed by atoms with Gasteiger partial charge in [-0.25, -0.2) is 4.79 Å². The summed E-state index contributed by atoms with van der Waals surface area (Å²) in [6.07, 6.45) is -0.414. The largest absolute Gasteiger partial charge is 0.480 e. The molecule has 32 heavy (non-hydrogen) atoms. The van der Waals surface area contributed by atoms with Crippen LogP contribution in [0.5, 0.6) is 0 Å². The van der Waals surface area contributed by atoms with E-state index < -0.39 is 17.5 Å². The molecule has 0 aromatic heterocycles. The molecule has 2 N–H and O–H groups in total. The van der Waals surface area contributed by atoms with Gasteiger partial charge in [-0.15, -0.1) is 0 Å². The van der Waals surface area contributed by atoms with Crippen LogP contribution in [-0.2, 0) is 14.3 Å². The number of nitrogens with zero attached hydrogens (tertiary/aromatic N) is 1. The molecular formula is C25H30N2O5. The normalized spacial score (nSPS) is 12.6. The zero-order valence-electron chi connectivity index (χ0n) is 18.8. The Morgan fingerprint density at radius 3 is 2.12 bits per heavy atom. The number of likely N-dealkylation sites (N-methyl/N-ethyl adjacent to an activating group) is 1. The van der Waals surface area contributed by atoms with E-state index in [0.717, 1.165) is 11.1 Å². The van der Waals surface area contributed by atoms with Crippen molar-refractivity contribution in [1.82, 2.24) is 10.2 Å². The van der Waals surface area contributed by atoms with Gasteiger partial charge in [0.05, 0.1) is 0 Å². The minimum atomic E-state index is -1.05. The van der Waals surface area contributed by atoms with Crippen molar-refractivity contribution in [2.24, 2.45) is 5.41 Å². The van der Waals surface area contributed by atoms with E-state index in [9.17, 15) is 14.4 Å². The highest BCUT2D eigenvalue weighted by Gasteiger charge is 2.30. The standard InChI is InChI=1S/C25H30N2O5/c1-4-27(14-23(29)30)22(28)13-25(2,3)16-26-24(31)32-15-21-19-11-7-5-9-17(19)18-10-6-8-12-20(18)21/h5-12,21H,4,13-16H2,1-3H3,(H,26,31)(H,29,30). The van der Waals surface area contributed by atoms with E-state index in [1.807, 2.05) is 38.1 Å². The highest BCUT2D eigenvalue weighted by atomic mass is 16.5.